The Kier molecular flexibility index (Phi) is 7.70. The Morgan fingerprint density at radius 2 is 1.64 bits per heavy atom. The van der Waals surface area contributed by atoms with Gasteiger partial charge in [0.25, 0.3) is 0 Å². The Morgan fingerprint density at radius 1 is 1.05 bits per heavy atom. The molecule has 0 unspecified atom stereocenters. The third kappa shape index (κ3) is 5.91. The lowest BCUT2D eigenvalue weighted by atomic mass is 10.1. The van der Waals surface area contributed by atoms with Gasteiger partial charge in [0.05, 0.1) is 7.11 Å². The zero-order valence-corrected chi connectivity index (χ0v) is 13.8. The molecule has 3 amide bonds. The number of carbonyl (C=O) groups is 3. The van der Waals surface area contributed by atoms with E-state index in [9.17, 15) is 14.4 Å². The van der Waals surface area contributed by atoms with E-state index in [1.165, 1.54) is 7.11 Å². The summed E-state index contributed by atoms with van der Waals surface area (Å²) in [6, 6.07) is -0.102. The number of rotatable bonds is 6. The maximum atomic E-state index is 12.0. The molecule has 7 nitrogen and oxygen atoms in total. The van der Waals surface area contributed by atoms with E-state index in [2.05, 4.69) is 10.1 Å². The number of unbranched alkanes of at least 4 members (excludes halogenated alkanes) is 1. The van der Waals surface area contributed by atoms with Crippen LogP contribution in [0.25, 0.3) is 0 Å². The molecule has 126 valence electrons. The highest BCUT2D eigenvalue weighted by molar-refractivity contribution is 5.79. The highest BCUT2D eigenvalue weighted by atomic mass is 16.5. The van der Waals surface area contributed by atoms with Gasteiger partial charge in [-0.15, -0.1) is 0 Å². The molecule has 0 aromatic heterocycles. The van der Waals surface area contributed by atoms with Gasteiger partial charge in [0.15, 0.2) is 0 Å². The summed E-state index contributed by atoms with van der Waals surface area (Å²) >= 11 is 0. The van der Waals surface area contributed by atoms with Crippen molar-refractivity contribution in [2.24, 2.45) is 5.92 Å². The summed E-state index contributed by atoms with van der Waals surface area (Å²) in [5.41, 5.74) is 0. The number of hydrogen-bond acceptors (Lipinski definition) is 4. The van der Waals surface area contributed by atoms with E-state index in [4.69, 9.17) is 0 Å². The molecule has 0 aromatic rings. The van der Waals surface area contributed by atoms with Crippen LogP contribution in [0.5, 0.6) is 0 Å². The standard InChI is InChI=1S/C15H27N3O4/c1-12(2)14(20)17-8-10-18(11-9-17)15(21)16-7-5-4-6-13(19)22-3/h12H,4-11H2,1-3H3,(H,16,21). The fraction of sp³-hybridized carbons (Fsp3) is 0.800. The van der Waals surface area contributed by atoms with E-state index < -0.39 is 0 Å². The summed E-state index contributed by atoms with van der Waals surface area (Å²) in [6.45, 7) is 6.62. The topological polar surface area (TPSA) is 79.0 Å². The van der Waals surface area contributed by atoms with Crippen molar-refractivity contribution in [1.82, 2.24) is 15.1 Å². The van der Waals surface area contributed by atoms with Crippen molar-refractivity contribution in [1.29, 1.82) is 0 Å². The first kappa shape index (κ1) is 18.3. The van der Waals surface area contributed by atoms with Crippen molar-refractivity contribution < 1.29 is 19.1 Å². The number of carbonyl (C=O) groups excluding carboxylic acids is 3. The summed E-state index contributed by atoms with van der Waals surface area (Å²) < 4.78 is 4.55. The van der Waals surface area contributed by atoms with Gasteiger partial charge in [-0.3, -0.25) is 9.59 Å². The third-order valence-corrected chi connectivity index (χ3v) is 3.68. The first-order chi connectivity index (χ1) is 10.5. The molecule has 7 heteroatoms. The van der Waals surface area contributed by atoms with Crippen molar-refractivity contribution in [3.8, 4) is 0 Å². The molecule has 1 saturated heterocycles. The summed E-state index contributed by atoms with van der Waals surface area (Å²) in [5, 5.41) is 2.84. The molecule has 1 heterocycles. The molecule has 0 aromatic carbocycles. The van der Waals surface area contributed by atoms with E-state index in [1.54, 1.807) is 4.90 Å². The van der Waals surface area contributed by atoms with Gasteiger partial charge in [-0.2, -0.15) is 0 Å². The molecule has 0 saturated carbocycles. The van der Waals surface area contributed by atoms with Gasteiger partial charge in [-0.05, 0) is 12.8 Å². The van der Waals surface area contributed by atoms with Crippen molar-refractivity contribution in [3.05, 3.63) is 0 Å². The molecule has 0 aliphatic carbocycles. The van der Waals surface area contributed by atoms with Gasteiger partial charge in [0, 0.05) is 45.1 Å². The lowest BCUT2D eigenvalue weighted by Crippen LogP contribution is -2.53. The summed E-state index contributed by atoms with van der Waals surface area (Å²) in [6.07, 6.45) is 1.82. The summed E-state index contributed by atoms with van der Waals surface area (Å²) in [4.78, 5) is 38.3. The number of esters is 1. The lowest BCUT2D eigenvalue weighted by Gasteiger charge is -2.35. The highest BCUT2D eigenvalue weighted by Gasteiger charge is 2.24. The minimum atomic E-state index is -0.225. The van der Waals surface area contributed by atoms with Crippen LogP contribution in [0.4, 0.5) is 4.79 Å². The molecule has 0 bridgehead atoms. The van der Waals surface area contributed by atoms with Gasteiger partial charge in [0.1, 0.15) is 0 Å². The molecule has 22 heavy (non-hydrogen) atoms. The fourth-order valence-electron chi connectivity index (χ4n) is 2.30. The molecular weight excluding hydrogens is 286 g/mol. The molecule has 0 spiro atoms. The molecule has 0 radical (unpaired) electrons. The lowest BCUT2D eigenvalue weighted by molar-refractivity contribution is -0.140. The second-order valence-electron chi connectivity index (χ2n) is 5.73. The van der Waals surface area contributed by atoms with Gasteiger partial charge < -0.3 is 19.9 Å². The van der Waals surface area contributed by atoms with Crippen LogP contribution in [0.1, 0.15) is 33.1 Å². The monoisotopic (exact) mass is 313 g/mol. The summed E-state index contributed by atoms with van der Waals surface area (Å²) in [5.74, 6) is -0.0877. The highest BCUT2D eigenvalue weighted by Crippen LogP contribution is 2.07. The smallest absolute Gasteiger partial charge is 0.317 e. The second kappa shape index (κ2) is 9.27. The Bertz CT molecular complexity index is 390. The van der Waals surface area contributed by atoms with Crippen molar-refractivity contribution in [2.45, 2.75) is 33.1 Å². The van der Waals surface area contributed by atoms with Crippen molar-refractivity contribution in [3.63, 3.8) is 0 Å². The van der Waals surface area contributed by atoms with Crippen LogP contribution in [0.3, 0.4) is 0 Å². The number of piperazine rings is 1. The van der Waals surface area contributed by atoms with Crippen LogP contribution in [0, 0.1) is 5.92 Å². The summed E-state index contributed by atoms with van der Waals surface area (Å²) in [7, 11) is 1.37. The minimum Gasteiger partial charge on any atom is -0.469 e. The maximum Gasteiger partial charge on any atom is 0.317 e. The first-order valence-corrected chi connectivity index (χ1v) is 7.84. The van der Waals surface area contributed by atoms with Gasteiger partial charge in [-0.1, -0.05) is 13.8 Å². The molecule has 1 aliphatic heterocycles. The fourth-order valence-corrected chi connectivity index (χ4v) is 2.30. The van der Waals surface area contributed by atoms with Crippen molar-refractivity contribution in [2.75, 3.05) is 39.8 Å². The number of ether oxygens (including phenoxy) is 1. The molecule has 0 atom stereocenters. The zero-order chi connectivity index (χ0) is 16.5. The van der Waals surface area contributed by atoms with Crippen LogP contribution in [0.2, 0.25) is 0 Å². The Morgan fingerprint density at radius 3 is 2.18 bits per heavy atom. The van der Waals surface area contributed by atoms with Crippen LogP contribution >= 0.6 is 0 Å². The van der Waals surface area contributed by atoms with Gasteiger partial charge in [-0.25, -0.2) is 4.79 Å². The second-order valence-corrected chi connectivity index (χ2v) is 5.73. The van der Waals surface area contributed by atoms with E-state index in [0.29, 0.717) is 45.6 Å². The van der Waals surface area contributed by atoms with Gasteiger partial charge >= 0.3 is 12.0 Å². The number of nitrogens with zero attached hydrogens (tertiary/aromatic N) is 2. The van der Waals surface area contributed by atoms with E-state index >= 15 is 0 Å². The van der Waals surface area contributed by atoms with Gasteiger partial charge in [0.2, 0.25) is 5.91 Å². The average molecular weight is 313 g/mol. The van der Waals surface area contributed by atoms with E-state index in [1.807, 2.05) is 18.7 Å². The Labute approximate surface area is 132 Å². The molecule has 1 aliphatic rings. The van der Waals surface area contributed by atoms with E-state index in [-0.39, 0.29) is 23.8 Å². The number of amides is 3. The van der Waals surface area contributed by atoms with Crippen LogP contribution in [-0.4, -0.2) is 67.5 Å². The van der Waals surface area contributed by atoms with E-state index in [0.717, 1.165) is 6.42 Å². The van der Waals surface area contributed by atoms with Crippen molar-refractivity contribution >= 4 is 17.9 Å². The quantitative estimate of drug-likeness (QED) is 0.582. The minimum absolute atomic E-state index is 0.00446. The third-order valence-electron chi connectivity index (χ3n) is 3.68. The SMILES string of the molecule is COC(=O)CCCCNC(=O)N1CCN(C(=O)C(C)C)CC1. The maximum absolute atomic E-state index is 12.0. The Balaban J connectivity index is 2.17. The predicted octanol–water partition coefficient (Wildman–Crippen LogP) is 0.839. The number of urea groups is 1. The average Bonchev–Trinajstić information content (AvgIpc) is 2.53. The first-order valence-electron chi connectivity index (χ1n) is 7.84. The Hall–Kier alpha value is -1.79. The predicted molar refractivity (Wildman–Crippen MR) is 82.3 cm³/mol. The number of nitrogens with one attached hydrogen (secondary N) is 1. The molecule has 1 rings (SSSR count). The van der Waals surface area contributed by atoms with Crippen LogP contribution in [-0.2, 0) is 14.3 Å². The zero-order valence-electron chi connectivity index (χ0n) is 13.8. The van der Waals surface area contributed by atoms with Crippen LogP contribution < -0.4 is 5.32 Å². The molecule has 1 N–H and O–H groups in total. The molecular formula is C15H27N3O4. The normalized spacial score (nSPS) is 14.9. The molecule has 1 fully saturated rings. The van der Waals surface area contributed by atoms with Crippen LogP contribution in [0.15, 0.2) is 0 Å². The number of methoxy groups -OCH3 is 1. The number of hydrogen-bond donors (Lipinski definition) is 1. The largest absolute Gasteiger partial charge is 0.469 e.